The molecule has 0 atom stereocenters. The molecular formula is C13H17N5O3. The van der Waals surface area contributed by atoms with Crippen LogP contribution in [-0.4, -0.2) is 40.1 Å². The summed E-state index contributed by atoms with van der Waals surface area (Å²) in [4.78, 5) is 27.0. The lowest BCUT2D eigenvalue weighted by molar-refractivity contribution is -0.121. The third kappa shape index (κ3) is 5.09. The van der Waals surface area contributed by atoms with Crippen LogP contribution in [0.3, 0.4) is 0 Å². The second-order valence-electron chi connectivity index (χ2n) is 4.37. The molecule has 112 valence electrons. The Labute approximate surface area is 121 Å². The van der Waals surface area contributed by atoms with Gasteiger partial charge >= 0.3 is 0 Å². The van der Waals surface area contributed by atoms with E-state index in [9.17, 15) is 9.59 Å². The van der Waals surface area contributed by atoms with Crippen LogP contribution in [0.4, 0.5) is 0 Å². The topological polar surface area (TPSA) is 113 Å². The van der Waals surface area contributed by atoms with Gasteiger partial charge in [-0.05, 0) is 18.6 Å². The molecule has 8 nitrogen and oxygen atoms in total. The van der Waals surface area contributed by atoms with Crippen LogP contribution in [0, 0.1) is 0 Å². The van der Waals surface area contributed by atoms with Crippen LogP contribution in [0.25, 0.3) is 0 Å². The summed E-state index contributed by atoms with van der Waals surface area (Å²) in [5.41, 5.74) is 0. The maximum Gasteiger partial charge on any atom is 0.286 e. The number of aromatic amines is 1. The quantitative estimate of drug-likeness (QED) is 0.604. The highest BCUT2D eigenvalue weighted by atomic mass is 16.3. The molecule has 0 saturated heterocycles. The van der Waals surface area contributed by atoms with Gasteiger partial charge in [0.2, 0.25) is 5.91 Å². The minimum atomic E-state index is -0.272. The van der Waals surface area contributed by atoms with E-state index in [0.29, 0.717) is 32.4 Å². The molecule has 0 spiro atoms. The van der Waals surface area contributed by atoms with E-state index in [1.807, 2.05) is 0 Å². The zero-order chi connectivity index (χ0) is 14.9. The maximum atomic E-state index is 11.6. The molecule has 0 unspecified atom stereocenters. The molecule has 0 bridgehead atoms. The Morgan fingerprint density at radius 3 is 2.90 bits per heavy atom. The number of carbonyl (C=O) groups excluding carboxylic acids is 2. The van der Waals surface area contributed by atoms with Crippen molar-refractivity contribution in [2.24, 2.45) is 0 Å². The van der Waals surface area contributed by atoms with Crippen molar-refractivity contribution in [1.82, 2.24) is 25.8 Å². The standard InChI is InChI=1S/C13H17N5O3/c19-12(14-7-5-11-16-9-17-18-11)4-1-6-15-13(20)10-3-2-8-21-10/h2-3,8-9H,1,4-7H2,(H,14,19)(H,15,20)(H,16,17,18). The van der Waals surface area contributed by atoms with Gasteiger partial charge in [0, 0.05) is 25.9 Å². The molecule has 0 aliphatic heterocycles. The van der Waals surface area contributed by atoms with Crippen molar-refractivity contribution in [3.05, 3.63) is 36.3 Å². The lowest BCUT2D eigenvalue weighted by Gasteiger charge is -2.05. The van der Waals surface area contributed by atoms with Crippen LogP contribution in [0.1, 0.15) is 29.2 Å². The molecule has 2 amide bonds. The molecule has 2 heterocycles. The van der Waals surface area contributed by atoms with Crippen LogP contribution in [-0.2, 0) is 11.2 Å². The number of H-pyrrole nitrogens is 1. The van der Waals surface area contributed by atoms with Gasteiger partial charge in [-0.2, -0.15) is 5.10 Å². The SMILES string of the molecule is O=C(CCCNC(=O)c1ccco1)NCCc1ncn[nH]1. The van der Waals surface area contributed by atoms with Crippen molar-refractivity contribution < 1.29 is 14.0 Å². The van der Waals surface area contributed by atoms with Crippen LogP contribution in [0.15, 0.2) is 29.1 Å². The molecule has 2 aromatic rings. The number of aromatic nitrogens is 3. The van der Waals surface area contributed by atoms with Gasteiger partial charge in [0.25, 0.3) is 5.91 Å². The van der Waals surface area contributed by atoms with Gasteiger partial charge in [-0.3, -0.25) is 14.7 Å². The first-order chi connectivity index (χ1) is 10.3. The minimum Gasteiger partial charge on any atom is -0.459 e. The van der Waals surface area contributed by atoms with Gasteiger partial charge in [-0.25, -0.2) is 4.98 Å². The van der Waals surface area contributed by atoms with Crippen molar-refractivity contribution in [1.29, 1.82) is 0 Å². The molecule has 3 N–H and O–H groups in total. The number of nitrogens with zero attached hydrogens (tertiary/aromatic N) is 2. The van der Waals surface area contributed by atoms with E-state index in [1.54, 1.807) is 12.1 Å². The van der Waals surface area contributed by atoms with E-state index < -0.39 is 0 Å². The third-order valence-electron chi connectivity index (χ3n) is 2.76. The van der Waals surface area contributed by atoms with Gasteiger partial charge in [-0.15, -0.1) is 0 Å². The highest BCUT2D eigenvalue weighted by Crippen LogP contribution is 1.99. The fraction of sp³-hybridized carbons (Fsp3) is 0.385. The summed E-state index contributed by atoms with van der Waals surface area (Å²) in [7, 11) is 0. The van der Waals surface area contributed by atoms with Crippen LogP contribution < -0.4 is 10.6 Å². The number of carbonyl (C=O) groups is 2. The Morgan fingerprint density at radius 2 is 2.19 bits per heavy atom. The number of amides is 2. The molecule has 0 aliphatic carbocycles. The van der Waals surface area contributed by atoms with Gasteiger partial charge in [0.05, 0.1) is 6.26 Å². The average Bonchev–Trinajstić information content (AvgIpc) is 3.16. The first kappa shape index (κ1) is 14.8. The Hall–Kier alpha value is -2.64. The number of hydrogen-bond acceptors (Lipinski definition) is 5. The van der Waals surface area contributed by atoms with Crippen LogP contribution in [0.2, 0.25) is 0 Å². The first-order valence-electron chi connectivity index (χ1n) is 6.68. The monoisotopic (exact) mass is 291 g/mol. The van der Waals surface area contributed by atoms with E-state index >= 15 is 0 Å². The van der Waals surface area contributed by atoms with Crippen LogP contribution >= 0.6 is 0 Å². The summed E-state index contributed by atoms with van der Waals surface area (Å²) in [6.45, 7) is 0.932. The molecule has 0 fully saturated rings. The molecule has 21 heavy (non-hydrogen) atoms. The van der Waals surface area contributed by atoms with Gasteiger partial charge in [0.15, 0.2) is 5.76 Å². The number of nitrogens with one attached hydrogen (secondary N) is 3. The summed E-state index contributed by atoms with van der Waals surface area (Å²) in [5, 5.41) is 11.9. The second-order valence-corrected chi connectivity index (χ2v) is 4.37. The van der Waals surface area contributed by atoms with Gasteiger partial charge < -0.3 is 15.1 Å². The van der Waals surface area contributed by atoms with Crippen LogP contribution in [0.5, 0.6) is 0 Å². The predicted molar refractivity (Wildman–Crippen MR) is 73.4 cm³/mol. The Morgan fingerprint density at radius 1 is 1.29 bits per heavy atom. The normalized spacial score (nSPS) is 10.3. The lowest BCUT2D eigenvalue weighted by atomic mass is 10.3. The molecule has 0 radical (unpaired) electrons. The molecule has 0 aromatic carbocycles. The third-order valence-corrected chi connectivity index (χ3v) is 2.76. The Bertz CT molecular complexity index is 550. The fourth-order valence-corrected chi connectivity index (χ4v) is 1.71. The van der Waals surface area contributed by atoms with Gasteiger partial charge in [0.1, 0.15) is 12.2 Å². The van der Waals surface area contributed by atoms with Gasteiger partial charge in [-0.1, -0.05) is 0 Å². The Kier molecular flexibility index (Phi) is 5.50. The maximum absolute atomic E-state index is 11.6. The Balaban J connectivity index is 1.52. The predicted octanol–water partition coefficient (Wildman–Crippen LogP) is 0.267. The van der Waals surface area contributed by atoms with E-state index in [1.165, 1.54) is 12.6 Å². The van der Waals surface area contributed by atoms with E-state index in [0.717, 1.165) is 5.82 Å². The zero-order valence-electron chi connectivity index (χ0n) is 11.5. The van der Waals surface area contributed by atoms with Crippen molar-refractivity contribution in [3.8, 4) is 0 Å². The molecule has 0 saturated carbocycles. The fourth-order valence-electron chi connectivity index (χ4n) is 1.71. The largest absolute Gasteiger partial charge is 0.459 e. The summed E-state index contributed by atoms with van der Waals surface area (Å²) in [5.74, 6) is 0.681. The highest BCUT2D eigenvalue weighted by Gasteiger charge is 2.07. The van der Waals surface area contributed by atoms with Crippen molar-refractivity contribution in [2.75, 3.05) is 13.1 Å². The number of furan rings is 1. The zero-order valence-corrected chi connectivity index (χ0v) is 11.5. The van der Waals surface area contributed by atoms with E-state index in [2.05, 4.69) is 25.8 Å². The summed E-state index contributed by atoms with van der Waals surface area (Å²) < 4.78 is 4.96. The minimum absolute atomic E-state index is 0.0539. The summed E-state index contributed by atoms with van der Waals surface area (Å²) in [6, 6.07) is 3.24. The average molecular weight is 291 g/mol. The molecule has 8 heteroatoms. The van der Waals surface area contributed by atoms with Crippen molar-refractivity contribution in [2.45, 2.75) is 19.3 Å². The number of rotatable bonds is 8. The summed E-state index contributed by atoms with van der Waals surface area (Å²) >= 11 is 0. The lowest BCUT2D eigenvalue weighted by Crippen LogP contribution is -2.28. The molecule has 0 aliphatic rings. The highest BCUT2D eigenvalue weighted by molar-refractivity contribution is 5.91. The molecule has 2 rings (SSSR count). The first-order valence-corrected chi connectivity index (χ1v) is 6.68. The molecule has 2 aromatic heterocycles. The van der Waals surface area contributed by atoms with E-state index in [-0.39, 0.29) is 17.6 Å². The number of hydrogen-bond donors (Lipinski definition) is 3. The summed E-state index contributed by atoms with van der Waals surface area (Å²) in [6.07, 6.45) is 4.41. The second kappa shape index (κ2) is 7.83. The van der Waals surface area contributed by atoms with Crippen molar-refractivity contribution >= 4 is 11.8 Å². The van der Waals surface area contributed by atoms with E-state index in [4.69, 9.17) is 4.42 Å². The smallest absolute Gasteiger partial charge is 0.286 e. The van der Waals surface area contributed by atoms with Crippen molar-refractivity contribution in [3.63, 3.8) is 0 Å². The molecular weight excluding hydrogens is 274 g/mol.